The highest BCUT2D eigenvalue weighted by atomic mass is 32.2. The van der Waals surface area contributed by atoms with Crippen molar-refractivity contribution in [2.45, 2.75) is 18.7 Å². The van der Waals surface area contributed by atoms with Crippen molar-refractivity contribution in [2.24, 2.45) is 0 Å². The Balaban J connectivity index is 2.04. The van der Waals surface area contributed by atoms with E-state index in [4.69, 9.17) is 5.11 Å². The van der Waals surface area contributed by atoms with E-state index in [1.807, 2.05) is 17.8 Å². The number of halogens is 1. The van der Waals surface area contributed by atoms with Gasteiger partial charge in [0.05, 0.1) is 0 Å². The number of hydrogen-bond donors (Lipinski definition) is 1. The molecule has 4 heteroatoms. The van der Waals surface area contributed by atoms with E-state index in [1.54, 1.807) is 6.07 Å². The van der Waals surface area contributed by atoms with E-state index in [2.05, 4.69) is 23.7 Å². The fraction of sp³-hybridized carbons (Fsp3) is 0.467. The first-order valence-corrected chi connectivity index (χ1v) is 7.46. The average molecular weight is 279 g/mol. The summed E-state index contributed by atoms with van der Waals surface area (Å²) in [5.74, 6) is 6.14. The van der Waals surface area contributed by atoms with Crippen LogP contribution in [0.5, 0.6) is 0 Å². The number of hydrogen-bond acceptors (Lipinski definition) is 3. The molecule has 0 aliphatic carbocycles. The molecule has 2 nitrogen and oxygen atoms in total. The van der Waals surface area contributed by atoms with Crippen LogP contribution >= 0.6 is 11.8 Å². The second kappa shape index (κ2) is 6.95. The van der Waals surface area contributed by atoms with Crippen molar-refractivity contribution in [3.05, 3.63) is 35.1 Å². The van der Waals surface area contributed by atoms with Crippen molar-refractivity contribution in [3.8, 4) is 11.8 Å². The molecule has 2 rings (SSSR count). The lowest BCUT2D eigenvalue weighted by Gasteiger charge is -2.30. The highest BCUT2D eigenvalue weighted by molar-refractivity contribution is 7.99. The van der Waals surface area contributed by atoms with Crippen LogP contribution in [0.4, 0.5) is 4.39 Å². The molecule has 0 spiro atoms. The first kappa shape index (κ1) is 14.4. The van der Waals surface area contributed by atoms with Crippen LogP contribution < -0.4 is 0 Å². The van der Waals surface area contributed by atoms with E-state index in [-0.39, 0.29) is 12.4 Å². The summed E-state index contributed by atoms with van der Waals surface area (Å²) >= 11 is 1.97. The van der Waals surface area contributed by atoms with Crippen LogP contribution in [-0.2, 0) is 6.54 Å². The minimum absolute atomic E-state index is 0.202. The molecule has 19 heavy (non-hydrogen) atoms. The number of aliphatic hydroxyl groups is 1. The molecule has 1 heterocycles. The lowest BCUT2D eigenvalue weighted by Crippen LogP contribution is -2.36. The highest BCUT2D eigenvalue weighted by Crippen LogP contribution is 2.20. The van der Waals surface area contributed by atoms with Crippen LogP contribution in [0.3, 0.4) is 0 Å². The summed E-state index contributed by atoms with van der Waals surface area (Å²) in [6.45, 7) is 4.69. The highest BCUT2D eigenvalue weighted by Gasteiger charge is 2.17. The summed E-state index contributed by atoms with van der Waals surface area (Å²) in [5.41, 5.74) is 1.33. The Labute approximate surface area is 118 Å². The van der Waals surface area contributed by atoms with Crippen LogP contribution in [-0.4, -0.2) is 40.7 Å². The summed E-state index contributed by atoms with van der Waals surface area (Å²) in [7, 11) is 0. The first-order valence-electron chi connectivity index (χ1n) is 6.41. The molecule has 102 valence electrons. The normalized spacial score (nSPS) is 19.8. The standard InChI is InChI=1S/C15H18FNOS/c1-12-10-17(6-8-19-12)11-14-5-4-13(3-2-7-18)9-15(14)16/h4-5,9,12,18H,6-8,10-11H2,1H3. The molecule has 1 saturated heterocycles. The van der Waals surface area contributed by atoms with Crippen LogP contribution in [0.15, 0.2) is 18.2 Å². The van der Waals surface area contributed by atoms with E-state index in [0.717, 1.165) is 18.8 Å². The second-order valence-electron chi connectivity index (χ2n) is 4.68. The van der Waals surface area contributed by atoms with E-state index in [0.29, 0.717) is 22.9 Å². The maximum atomic E-state index is 14.0. The quantitative estimate of drug-likeness (QED) is 0.839. The molecule has 1 aliphatic rings. The molecule has 0 aromatic heterocycles. The number of nitrogens with zero attached hydrogens (tertiary/aromatic N) is 1. The third-order valence-corrected chi connectivity index (χ3v) is 4.22. The Bertz CT molecular complexity index is 495. The predicted molar refractivity (Wildman–Crippen MR) is 77.6 cm³/mol. The third kappa shape index (κ3) is 4.24. The molecular formula is C15H18FNOS. The van der Waals surface area contributed by atoms with E-state index in [1.165, 1.54) is 6.07 Å². The Kier molecular flexibility index (Phi) is 5.26. The minimum atomic E-state index is -0.212. The van der Waals surface area contributed by atoms with Gasteiger partial charge in [-0.3, -0.25) is 4.90 Å². The molecule has 0 radical (unpaired) electrons. The summed E-state index contributed by atoms with van der Waals surface area (Å²) < 4.78 is 14.0. The van der Waals surface area contributed by atoms with Gasteiger partial charge < -0.3 is 5.11 Å². The smallest absolute Gasteiger partial charge is 0.128 e. The van der Waals surface area contributed by atoms with Crippen molar-refractivity contribution in [2.75, 3.05) is 25.4 Å². The monoisotopic (exact) mass is 279 g/mol. The van der Waals surface area contributed by atoms with Crippen molar-refractivity contribution in [3.63, 3.8) is 0 Å². The maximum Gasteiger partial charge on any atom is 0.128 e. The largest absolute Gasteiger partial charge is 0.384 e. The molecule has 1 aromatic rings. The SMILES string of the molecule is CC1CN(Cc2ccc(C#CCO)cc2F)CCS1. The van der Waals surface area contributed by atoms with Crippen molar-refractivity contribution in [1.29, 1.82) is 0 Å². The van der Waals surface area contributed by atoms with Crippen molar-refractivity contribution >= 4 is 11.8 Å². The molecule has 0 amide bonds. The first-order chi connectivity index (χ1) is 9.19. The molecule has 1 unspecified atom stereocenters. The minimum Gasteiger partial charge on any atom is -0.384 e. The average Bonchev–Trinajstić information content (AvgIpc) is 2.39. The zero-order valence-electron chi connectivity index (χ0n) is 11.0. The number of rotatable bonds is 2. The van der Waals surface area contributed by atoms with E-state index < -0.39 is 0 Å². The predicted octanol–water partition coefficient (Wildman–Crippen LogP) is 2.11. The van der Waals surface area contributed by atoms with Gasteiger partial charge in [-0.15, -0.1) is 0 Å². The number of aliphatic hydroxyl groups excluding tert-OH is 1. The topological polar surface area (TPSA) is 23.5 Å². The van der Waals surface area contributed by atoms with Crippen LogP contribution in [0.25, 0.3) is 0 Å². The lowest BCUT2D eigenvalue weighted by molar-refractivity contribution is 0.274. The zero-order valence-corrected chi connectivity index (χ0v) is 11.8. The van der Waals surface area contributed by atoms with Gasteiger partial charge in [0.25, 0.3) is 0 Å². The maximum absolute atomic E-state index is 14.0. The Morgan fingerprint density at radius 3 is 3.05 bits per heavy atom. The van der Waals surface area contributed by atoms with Crippen molar-refractivity contribution in [1.82, 2.24) is 4.90 Å². The van der Waals surface area contributed by atoms with Gasteiger partial charge >= 0.3 is 0 Å². The lowest BCUT2D eigenvalue weighted by atomic mass is 10.1. The van der Waals surface area contributed by atoms with E-state index in [9.17, 15) is 4.39 Å². The van der Waals surface area contributed by atoms with Gasteiger partial charge in [-0.05, 0) is 12.1 Å². The fourth-order valence-electron chi connectivity index (χ4n) is 2.17. The second-order valence-corrected chi connectivity index (χ2v) is 6.23. The molecule has 0 bridgehead atoms. The van der Waals surface area contributed by atoms with Gasteiger partial charge in [-0.1, -0.05) is 24.8 Å². The zero-order chi connectivity index (χ0) is 13.7. The summed E-state index contributed by atoms with van der Waals surface area (Å²) in [5, 5.41) is 9.23. The molecule has 1 fully saturated rings. The fourth-order valence-corrected chi connectivity index (χ4v) is 3.25. The number of benzene rings is 1. The van der Waals surface area contributed by atoms with Crippen LogP contribution in [0, 0.1) is 17.7 Å². The van der Waals surface area contributed by atoms with Crippen LogP contribution in [0.1, 0.15) is 18.1 Å². The van der Waals surface area contributed by atoms with Gasteiger partial charge in [0, 0.05) is 41.8 Å². The van der Waals surface area contributed by atoms with Gasteiger partial charge in [0.1, 0.15) is 12.4 Å². The summed E-state index contributed by atoms with van der Waals surface area (Å²) in [6, 6.07) is 5.05. The van der Waals surface area contributed by atoms with Gasteiger partial charge in [-0.25, -0.2) is 4.39 Å². The molecular weight excluding hydrogens is 261 g/mol. The molecule has 1 aliphatic heterocycles. The Morgan fingerprint density at radius 2 is 2.37 bits per heavy atom. The Morgan fingerprint density at radius 1 is 1.53 bits per heavy atom. The molecule has 1 N–H and O–H groups in total. The molecule has 1 aromatic carbocycles. The Hall–Kier alpha value is -1.02. The van der Waals surface area contributed by atoms with Gasteiger partial charge in [0.15, 0.2) is 0 Å². The summed E-state index contributed by atoms with van der Waals surface area (Å²) in [4.78, 5) is 2.29. The number of thioether (sulfide) groups is 1. The molecule has 1 atom stereocenters. The summed E-state index contributed by atoms with van der Waals surface area (Å²) in [6.07, 6.45) is 0. The van der Waals surface area contributed by atoms with Gasteiger partial charge in [-0.2, -0.15) is 11.8 Å². The van der Waals surface area contributed by atoms with E-state index >= 15 is 0 Å². The van der Waals surface area contributed by atoms with Crippen molar-refractivity contribution < 1.29 is 9.50 Å². The van der Waals surface area contributed by atoms with Crippen LogP contribution in [0.2, 0.25) is 0 Å². The van der Waals surface area contributed by atoms with Gasteiger partial charge in [0.2, 0.25) is 0 Å². The third-order valence-electron chi connectivity index (χ3n) is 3.08. The molecule has 0 saturated carbocycles.